The Morgan fingerprint density at radius 1 is 1.25 bits per heavy atom. The van der Waals surface area contributed by atoms with Crippen LogP contribution in [0.2, 0.25) is 5.15 Å². The predicted octanol–water partition coefficient (Wildman–Crippen LogP) is 2.94. The Morgan fingerprint density at radius 2 is 2.00 bits per heavy atom. The van der Waals surface area contributed by atoms with Gasteiger partial charge in [-0.05, 0) is 12.1 Å². The zero-order chi connectivity index (χ0) is 11.5. The maximum Gasteiger partial charge on any atom is 0.174 e. The summed E-state index contributed by atoms with van der Waals surface area (Å²) in [6, 6.07) is 4.78. The second kappa shape index (κ2) is 4.45. The van der Waals surface area contributed by atoms with Crippen molar-refractivity contribution in [3.63, 3.8) is 0 Å². The molecular weight excluding hydrogens is 231 g/mol. The lowest BCUT2D eigenvalue weighted by Gasteiger charge is -2.07. The summed E-state index contributed by atoms with van der Waals surface area (Å²) in [6.45, 7) is 0. The third-order valence-corrected chi connectivity index (χ3v) is 2.37. The van der Waals surface area contributed by atoms with Crippen LogP contribution in [0.15, 0.2) is 30.6 Å². The molecule has 1 aromatic carbocycles. The largest absolute Gasteiger partial charge is 0.494 e. The van der Waals surface area contributed by atoms with E-state index in [0.717, 1.165) is 0 Å². The van der Waals surface area contributed by atoms with Crippen molar-refractivity contribution in [2.24, 2.45) is 0 Å². The summed E-state index contributed by atoms with van der Waals surface area (Å²) in [5.74, 6) is -0.341. The highest BCUT2D eigenvalue weighted by molar-refractivity contribution is 6.31. The number of hydrogen-bond donors (Lipinski definition) is 0. The average Bonchev–Trinajstić information content (AvgIpc) is 2.31. The number of rotatable bonds is 2. The average molecular weight is 239 g/mol. The van der Waals surface area contributed by atoms with E-state index in [9.17, 15) is 4.39 Å². The molecule has 0 N–H and O–H groups in total. The van der Waals surface area contributed by atoms with Gasteiger partial charge in [-0.25, -0.2) is 9.37 Å². The maximum absolute atomic E-state index is 13.9. The zero-order valence-corrected chi connectivity index (χ0v) is 9.20. The van der Waals surface area contributed by atoms with Crippen molar-refractivity contribution < 1.29 is 9.13 Å². The SMILES string of the molecule is COc1cccc(-c2nccnc2Cl)c1F. The lowest BCUT2D eigenvalue weighted by atomic mass is 10.1. The molecule has 0 aliphatic heterocycles. The summed E-state index contributed by atoms with van der Waals surface area (Å²) >= 11 is 5.85. The highest BCUT2D eigenvalue weighted by Gasteiger charge is 2.14. The smallest absolute Gasteiger partial charge is 0.174 e. The highest BCUT2D eigenvalue weighted by atomic mass is 35.5. The van der Waals surface area contributed by atoms with E-state index in [4.69, 9.17) is 16.3 Å². The number of benzene rings is 1. The fraction of sp³-hybridized carbons (Fsp3) is 0.0909. The van der Waals surface area contributed by atoms with Crippen LogP contribution in [0.1, 0.15) is 0 Å². The Morgan fingerprint density at radius 3 is 2.69 bits per heavy atom. The lowest BCUT2D eigenvalue weighted by molar-refractivity contribution is 0.387. The minimum atomic E-state index is -0.493. The third-order valence-electron chi connectivity index (χ3n) is 2.09. The summed E-state index contributed by atoms with van der Waals surface area (Å²) in [7, 11) is 1.40. The maximum atomic E-state index is 13.9. The van der Waals surface area contributed by atoms with Crippen molar-refractivity contribution in [1.29, 1.82) is 0 Å². The molecule has 0 aliphatic rings. The first kappa shape index (κ1) is 10.8. The molecule has 5 heteroatoms. The van der Waals surface area contributed by atoms with Crippen LogP contribution < -0.4 is 4.74 Å². The summed E-state index contributed by atoms with van der Waals surface area (Å²) in [6.07, 6.45) is 2.91. The molecule has 2 rings (SSSR count). The number of hydrogen-bond acceptors (Lipinski definition) is 3. The Kier molecular flexibility index (Phi) is 3.01. The first-order chi connectivity index (χ1) is 7.74. The molecule has 16 heavy (non-hydrogen) atoms. The van der Waals surface area contributed by atoms with Gasteiger partial charge >= 0.3 is 0 Å². The second-order valence-electron chi connectivity index (χ2n) is 3.02. The zero-order valence-electron chi connectivity index (χ0n) is 8.45. The molecule has 0 atom stereocenters. The summed E-state index contributed by atoms with van der Waals surface area (Å²) in [4.78, 5) is 7.84. The van der Waals surface area contributed by atoms with Crippen LogP contribution in [0.4, 0.5) is 4.39 Å². The first-order valence-electron chi connectivity index (χ1n) is 4.53. The molecule has 1 heterocycles. The van der Waals surface area contributed by atoms with E-state index in [1.54, 1.807) is 12.1 Å². The van der Waals surface area contributed by atoms with Crippen LogP contribution in [0.3, 0.4) is 0 Å². The Hall–Kier alpha value is -1.68. The van der Waals surface area contributed by atoms with Crippen molar-refractivity contribution in [3.8, 4) is 17.0 Å². The second-order valence-corrected chi connectivity index (χ2v) is 3.38. The molecule has 0 saturated carbocycles. The first-order valence-corrected chi connectivity index (χ1v) is 4.91. The quantitative estimate of drug-likeness (QED) is 0.807. The third kappa shape index (κ3) is 1.84. The van der Waals surface area contributed by atoms with Gasteiger partial charge in [0.25, 0.3) is 0 Å². The predicted molar refractivity (Wildman–Crippen MR) is 59.0 cm³/mol. The van der Waals surface area contributed by atoms with E-state index >= 15 is 0 Å². The van der Waals surface area contributed by atoms with Gasteiger partial charge in [0.2, 0.25) is 0 Å². The Bertz CT molecular complexity index is 519. The topological polar surface area (TPSA) is 35.0 Å². The Balaban J connectivity index is 2.61. The molecule has 0 fully saturated rings. The van der Waals surface area contributed by atoms with Gasteiger partial charge in [0.05, 0.1) is 7.11 Å². The molecule has 82 valence electrons. The molecule has 0 spiro atoms. The van der Waals surface area contributed by atoms with Gasteiger partial charge in [0.1, 0.15) is 5.69 Å². The van der Waals surface area contributed by atoms with E-state index in [1.807, 2.05) is 0 Å². The molecule has 0 aliphatic carbocycles. The molecule has 0 unspecified atom stereocenters. The fourth-order valence-electron chi connectivity index (χ4n) is 1.35. The van der Waals surface area contributed by atoms with Gasteiger partial charge < -0.3 is 4.74 Å². The van der Waals surface area contributed by atoms with E-state index < -0.39 is 5.82 Å². The van der Waals surface area contributed by atoms with Crippen molar-refractivity contribution in [3.05, 3.63) is 41.6 Å². The molecule has 0 amide bonds. The van der Waals surface area contributed by atoms with E-state index in [1.165, 1.54) is 25.6 Å². The van der Waals surface area contributed by atoms with Crippen LogP contribution >= 0.6 is 11.6 Å². The van der Waals surface area contributed by atoms with Crippen molar-refractivity contribution in [2.75, 3.05) is 7.11 Å². The van der Waals surface area contributed by atoms with Gasteiger partial charge in [0, 0.05) is 18.0 Å². The minimum absolute atomic E-state index is 0.152. The molecule has 0 radical (unpaired) electrons. The molecule has 0 saturated heterocycles. The van der Waals surface area contributed by atoms with Crippen LogP contribution in [0, 0.1) is 5.82 Å². The van der Waals surface area contributed by atoms with Gasteiger partial charge in [-0.3, -0.25) is 4.98 Å². The van der Waals surface area contributed by atoms with Gasteiger partial charge in [-0.1, -0.05) is 17.7 Å². The van der Waals surface area contributed by atoms with Crippen LogP contribution in [0.5, 0.6) is 5.75 Å². The molecule has 1 aromatic heterocycles. The Labute approximate surface area is 96.9 Å². The molecular formula is C11H8ClFN2O. The number of ether oxygens (including phenoxy) is 1. The summed E-state index contributed by atoms with van der Waals surface area (Å²) in [5, 5.41) is 0.162. The fourth-order valence-corrected chi connectivity index (χ4v) is 1.56. The van der Waals surface area contributed by atoms with Crippen LogP contribution in [-0.4, -0.2) is 17.1 Å². The monoisotopic (exact) mass is 238 g/mol. The molecule has 3 nitrogen and oxygen atoms in total. The van der Waals surface area contributed by atoms with Gasteiger partial charge in [-0.2, -0.15) is 0 Å². The normalized spacial score (nSPS) is 10.2. The van der Waals surface area contributed by atoms with Crippen molar-refractivity contribution in [2.45, 2.75) is 0 Å². The standard InChI is InChI=1S/C11H8ClFN2O/c1-16-8-4-2-3-7(9(8)13)10-11(12)15-6-5-14-10/h2-6H,1H3. The number of methoxy groups -OCH3 is 1. The number of nitrogens with zero attached hydrogens (tertiary/aromatic N) is 2. The van der Waals surface area contributed by atoms with Crippen molar-refractivity contribution >= 4 is 11.6 Å². The summed E-state index contributed by atoms with van der Waals surface area (Å²) in [5.41, 5.74) is 0.581. The summed E-state index contributed by atoms with van der Waals surface area (Å²) < 4.78 is 18.8. The van der Waals surface area contributed by atoms with Crippen LogP contribution in [0.25, 0.3) is 11.3 Å². The van der Waals surface area contributed by atoms with Gasteiger partial charge in [-0.15, -0.1) is 0 Å². The molecule has 2 aromatic rings. The van der Waals surface area contributed by atoms with Crippen LogP contribution in [-0.2, 0) is 0 Å². The van der Waals surface area contributed by atoms with E-state index in [-0.39, 0.29) is 16.5 Å². The van der Waals surface area contributed by atoms with Crippen molar-refractivity contribution in [1.82, 2.24) is 9.97 Å². The van der Waals surface area contributed by atoms with E-state index in [0.29, 0.717) is 5.69 Å². The van der Waals surface area contributed by atoms with Gasteiger partial charge in [0.15, 0.2) is 16.7 Å². The number of aromatic nitrogens is 2. The number of halogens is 2. The minimum Gasteiger partial charge on any atom is -0.494 e. The molecule has 0 bridgehead atoms. The lowest BCUT2D eigenvalue weighted by Crippen LogP contribution is -1.94. The highest BCUT2D eigenvalue weighted by Crippen LogP contribution is 2.30. The van der Waals surface area contributed by atoms with E-state index in [2.05, 4.69) is 9.97 Å².